The zero-order chi connectivity index (χ0) is 16.2. The fourth-order valence-electron chi connectivity index (χ4n) is 1.46. The molecule has 0 unspecified atom stereocenters. The van der Waals surface area contributed by atoms with Gasteiger partial charge in [0.25, 0.3) is 10.3 Å². The van der Waals surface area contributed by atoms with E-state index in [0.29, 0.717) is 13.2 Å². The zero-order valence-corrected chi connectivity index (χ0v) is 16.6. The fourth-order valence-corrected chi connectivity index (χ4v) is 1.58. The Bertz CT molecular complexity index is 536. The summed E-state index contributed by atoms with van der Waals surface area (Å²) in [5, 5.41) is 0.183. The third-order valence-electron chi connectivity index (χ3n) is 2.45. The Hall–Kier alpha value is -1.18. The van der Waals surface area contributed by atoms with E-state index in [1.165, 1.54) is 0 Å². The summed E-state index contributed by atoms with van der Waals surface area (Å²) in [6.07, 6.45) is 0. The van der Waals surface area contributed by atoms with Crippen LogP contribution in [0.3, 0.4) is 0 Å². The monoisotopic (exact) mass is 358 g/mol. The Kier molecular flexibility index (Phi) is 12.6. The van der Waals surface area contributed by atoms with Crippen LogP contribution in [0.2, 0.25) is 0 Å². The number of ether oxygens (including phenoxy) is 2. The first-order chi connectivity index (χ1) is 10.6. The Morgan fingerprint density at radius 1 is 0.739 bits per heavy atom. The van der Waals surface area contributed by atoms with E-state index in [1.54, 1.807) is 0 Å². The average molecular weight is 358 g/mol. The van der Waals surface area contributed by atoms with E-state index in [4.69, 9.17) is 20.9 Å². The molecule has 0 fully saturated rings. The molecule has 2 aromatic rings. The van der Waals surface area contributed by atoms with Crippen LogP contribution in [0.15, 0.2) is 60.7 Å². The molecule has 0 amide bonds. The molecule has 2 rings (SSSR count). The predicted molar refractivity (Wildman–Crippen MR) is 97.1 cm³/mol. The van der Waals surface area contributed by atoms with Crippen molar-refractivity contribution in [2.75, 3.05) is 0 Å². The molecule has 2 aromatic carbocycles. The quantitative estimate of drug-likeness (QED) is 0.593. The summed E-state index contributed by atoms with van der Waals surface area (Å²) < 4.78 is 9.87. The van der Waals surface area contributed by atoms with Gasteiger partial charge in [0.1, 0.15) is 13.2 Å². The standard InChI is InChI=1S/2C8H9NOS.Na.H/c2*9-8(11)10-6-7-4-2-1-3-5-7;;/h2*1-5H,6H2,(H2,9,11);;/q;;+1;-1. The molecule has 0 heterocycles. The maximum absolute atomic E-state index is 5.15. The smallest absolute Gasteiger partial charge is 1.00 e. The van der Waals surface area contributed by atoms with Crippen LogP contribution in [-0.4, -0.2) is 10.3 Å². The summed E-state index contributed by atoms with van der Waals surface area (Å²) in [7, 11) is 0. The molecule has 0 spiro atoms. The van der Waals surface area contributed by atoms with Gasteiger partial charge in [-0.25, -0.2) is 0 Å². The van der Waals surface area contributed by atoms with Crippen molar-refractivity contribution < 1.29 is 40.5 Å². The molecule has 0 saturated carbocycles. The second-order valence-electron chi connectivity index (χ2n) is 4.19. The van der Waals surface area contributed by atoms with Gasteiger partial charge in [-0.2, -0.15) is 0 Å². The van der Waals surface area contributed by atoms with E-state index >= 15 is 0 Å². The Morgan fingerprint density at radius 2 is 1.04 bits per heavy atom. The molecule has 0 aliphatic heterocycles. The molecule has 23 heavy (non-hydrogen) atoms. The van der Waals surface area contributed by atoms with Crippen molar-refractivity contribution in [1.29, 1.82) is 0 Å². The normalized spacial score (nSPS) is 8.70. The van der Waals surface area contributed by atoms with Crippen LogP contribution in [0, 0.1) is 0 Å². The minimum atomic E-state index is 0. The summed E-state index contributed by atoms with van der Waals surface area (Å²) in [6.45, 7) is 0.909. The van der Waals surface area contributed by atoms with Crippen LogP contribution < -0.4 is 41.0 Å². The first-order valence-corrected chi connectivity index (χ1v) is 7.32. The van der Waals surface area contributed by atoms with Gasteiger partial charge in [0.05, 0.1) is 0 Å². The van der Waals surface area contributed by atoms with Gasteiger partial charge in [0.15, 0.2) is 0 Å². The van der Waals surface area contributed by atoms with E-state index in [0.717, 1.165) is 11.1 Å². The second kappa shape index (κ2) is 13.3. The van der Waals surface area contributed by atoms with Crippen LogP contribution in [0.1, 0.15) is 12.6 Å². The molecular weight excluding hydrogens is 339 g/mol. The van der Waals surface area contributed by atoms with E-state index in [1.807, 2.05) is 60.7 Å². The van der Waals surface area contributed by atoms with E-state index in [-0.39, 0.29) is 41.3 Å². The van der Waals surface area contributed by atoms with Gasteiger partial charge in [0.2, 0.25) is 0 Å². The molecule has 0 saturated heterocycles. The molecule has 4 nitrogen and oxygen atoms in total. The molecule has 0 radical (unpaired) electrons. The van der Waals surface area contributed by atoms with Gasteiger partial charge in [-0.3, -0.25) is 0 Å². The van der Waals surface area contributed by atoms with Crippen LogP contribution in [0.5, 0.6) is 0 Å². The Morgan fingerprint density at radius 3 is 1.30 bits per heavy atom. The Labute approximate surface area is 170 Å². The van der Waals surface area contributed by atoms with Crippen LogP contribution in [-0.2, 0) is 22.7 Å². The maximum atomic E-state index is 5.15. The summed E-state index contributed by atoms with van der Waals surface area (Å²) in [6, 6.07) is 19.5. The summed E-state index contributed by atoms with van der Waals surface area (Å²) in [5.41, 5.74) is 12.4. The molecule has 0 aliphatic rings. The van der Waals surface area contributed by atoms with Gasteiger partial charge in [0, 0.05) is 0 Å². The third-order valence-corrected chi connectivity index (χ3v) is 2.68. The van der Waals surface area contributed by atoms with E-state index in [9.17, 15) is 0 Å². The van der Waals surface area contributed by atoms with Crippen LogP contribution in [0.25, 0.3) is 0 Å². The van der Waals surface area contributed by atoms with Crippen molar-refractivity contribution in [2.45, 2.75) is 13.2 Å². The minimum Gasteiger partial charge on any atom is -1.00 e. The molecule has 0 aliphatic carbocycles. The van der Waals surface area contributed by atoms with Gasteiger partial charge in [-0.05, 0) is 35.6 Å². The summed E-state index contributed by atoms with van der Waals surface area (Å²) >= 11 is 9.10. The van der Waals surface area contributed by atoms with Crippen molar-refractivity contribution in [3.63, 3.8) is 0 Å². The van der Waals surface area contributed by atoms with Crippen molar-refractivity contribution in [2.24, 2.45) is 11.5 Å². The molecule has 0 bridgehead atoms. The first kappa shape index (κ1) is 21.8. The predicted octanol–water partition coefficient (Wildman–Crippen LogP) is 0.0101. The average Bonchev–Trinajstić information content (AvgIpc) is 2.53. The first-order valence-electron chi connectivity index (χ1n) is 6.50. The van der Waals surface area contributed by atoms with E-state index in [2.05, 4.69) is 24.4 Å². The second-order valence-corrected chi connectivity index (χ2v) is 4.99. The Balaban J connectivity index is 0. The fraction of sp³-hybridized carbons (Fsp3) is 0.125. The topological polar surface area (TPSA) is 70.5 Å². The number of benzene rings is 2. The third kappa shape index (κ3) is 12.0. The number of hydrogen-bond acceptors (Lipinski definition) is 4. The summed E-state index contributed by atoms with van der Waals surface area (Å²) in [4.78, 5) is 0. The van der Waals surface area contributed by atoms with Crippen molar-refractivity contribution >= 4 is 34.8 Å². The van der Waals surface area contributed by atoms with E-state index < -0.39 is 0 Å². The van der Waals surface area contributed by atoms with Crippen LogP contribution in [0.4, 0.5) is 0 Å². The van der Waals surface area contributed by atoms with Crippen molar-refractivity contribution in [1.82, 2.24) is 0 Å². The SMILES string of the molecule is NC(=S)OCc1ccccc1.NC(=S)OCc1ccccc1.[H-].[Na+]. The van der Waals surface area contributed by atoms with Gasteiger partial charge < -0.3 is 22.4 Å². The summed E-state index contributed by atoms with van der Waals surface area (Å²) in [5.74, 6) is 0. The minimum absolute atomic E-state index is 0. The van der Waals surface area contributed by atoms with Gasteiger partial charge >= 0.3 is 29.6 Å². The largest absolute Gasteiger partial charge is 1.00 e. The molecule has 4 N–H and O–H groups in total. The molecule has 7 heteroatoms. The number of thiocarbonyl (C=S) groups is 2. The molecule has 0 atom stereocenters. The zero-order valence-electron chi connectivity index (χ0n) is 14.0. The molecule has 0 aromatic heterocycles. The van der Waals surface area contributed by atoms with Gasteiger partial charge in [-0.1, -0.05) is 60.7 Å². The molecule has 118 valence electrons. The maximum Gasteiger partial charge on any atom is 1.00 e. The van der Waals surface area contributed by atoms with Crippen LogP contribution >= 0.6 is 24.4 Å². The van der Waals surface area contributed by atoms with Crippen molar-refractivity contribution in [3.8, 4) is 0 Å². The number of hydrogen-bond donors (Lipinski definition) is 2. The van der Waals surface area contributed by atoms with Crippen molar-refractivity contribution in [3.05, 3.63) is 71.8 Å². The number of nitrogens with two attached hydrogens (primary N) is 2. The van der Waals surface area contributed by atoms with Gasteiger partial charge in [-0.15, -0.1) is 0 Å². The molecular formula is C16H19N2NaO2S2. The number of rotatable bonds is 4.